The smallest absolute Gasteiger partial charge is 0.141 e. The summed E-state index contributed by atoms with van der Waals surface area (Å²) in [4.78, 5) is 9.32. The number of carbonyl (C=O) groups excluding carboxylic acids is 1. The molecule has 0 amide bonds. The molecule has 46 valence electrons. The van der Waals surface area contributed by atoms with Crippen LogP contribution in [0.5, 0.6) is 0 Å². The minimum absolute atomic E-state index is 0.0154. The summed E-state index contributed by atoms with van der Waals surface area (Å²) in [6, 6.07) is 0. The van der Waals surface area contributed by atoms with Crippen LogP contribution in [0.2, 0.25) is 0 Å². The molecule has 2 atom stereocenters. The van der Waals surface area contributed by atoms with Crippen molar-refractivity contribution in [1.82, 2.24) is 0 Å². The first-order chi connectivity index (χ1) is 3.73. The van der Waals surface area contributed by atoms with E-state index in [-0.39, 0.29) is 12.5 Å². The molecule has 0 radical (unpaired) electrons. The molecule has 2 nitrogen and oxygen atoms in total. The van der Waals surface area contributed by atoms with E-state index < -0.39 is 4.87 Å². The molecule has 0 aliphatic heterocycles. The van der Waals surface area contributed by atoms with E-state index in [1.54, 1.807) is 0 Å². The molecule has 0 aromatic heterocycles. The van der Waals surface area contributed by atoms with Crippen molar-refractivity contribution in [2.45, 2.75) is 11.3 Å². The van der Waals surface area contributed by atoms with Crippen molar-refractivity contribution >= 4 is 17.9 Å². The molecular formula is C5H7ClO2. The van der Waals surface area contributed by atoms with E-state index in [1.807, 2.05) is 0 Å². The zero-order chi connectivity index (χ0) is 6.20. The van der Waals surface area contributed by atoms with Gasteiger partial charge in [0.15, 0.2) is 0 Å². The third-order valence-electron chi connectivity index (χ3n) is 1.49. The second-order valence-electron chi connectivity index (χ2n) is 2.13. The van der Waals surface area contributed by atoms with Crippen LogP contribution in [0.4, 0.5) is 0 Å². The molecule has 8 heavy (non-hydrogen) atoms. The lowest BCUT2D eigenvalue weighted by Crippen LogP contribution is -2.05. The van der Waals surface area contributed by atoms with Gasteiger partial charge < -0.3 is 9.90 Å². The molecule has 3 heteroatoms. The molecule has 1 N–H and O–H groups in total. The van der Waals surface area contributed by atoms with Gasteiger partial charge in [-0.15, -0.1) is 11.6 Å². The fourth-order valence-corrected chi connectivity index (χ4v) is 0.935. The lowest BCUT2D eigenvalue weighted by molar-refractivity contribution is -0.108. The standard InChI is InChI=1S/C5H7ClO2/c6-5(3-8)1-4(5)2-7/h3-4,7H,1-2H2/t4-,5+/m0/s1. The maximum Gasteiger partial charge on any atom is 0.141 e. The Morgan fingerprint density at radius 3 is 2.75 bits per heavy atom. The highest BCUT2D eigenvalue weighted by Crippen LogP contribution is 2.47. The second-order valence-corrected chi connectivity index (χ2v) is 2.83. The summed E-state index contributed by atoms with van der Waals surface area (Å²) < 4.78 is 0. The zero-order valence-corrected chi connectivity index (χ0v) is 5.06. The van der Waals surface area contributed by atoms with Gasteiger partial charge in [-0.3, -0.25) is 0 Å². The molecule has 1 rings (SSSR count). The predicted molar refractivity (Wildman–Crippen MR) is 29.8 cm³/mol. The Morgan fingerprint density at radius 1 is 2.00 bits per heavy atom. The van der Waals surface area contributed by atoms with Gasteiger partial charge in [-0.05, 0) is 6.42 Å². The van der Waals surface area contributed by atoms with Crippen molar-refractivity contribution in [3.63, 3.8) is 0 Å². The Labute approximate surface area is 52.5 Å². The van der Waals surface area contributed by atoms with Crippen LogP contribution in [0.15, 0.2) is 0 Å². The lowest BCUT2D eigenvalue weighted by Gasteiger charge is -1.91. The largest absolute Gasteiger partial charge is 0.396 e. The summed E-state index contributed by atoms with van der Waals surface area (Å²) in [7, 11) is 0. The van der Waals surface area contributed by atoms with Gasteiger partial charge in [-0.1, -0.05) is 0 Å². The average Bonchev–Trinajstić information content (AvgIpc) is 2.44. The number of hydrogen-bond acceptors (Lipinski definition) is 2. The number of carbonyl (C=O) groups is 1. The van der Waals surface area contributed by atoms with E-state index in [9.17, 15) is 4.79 Å². The predicted octanol–water partition coefficient (Wildman–Crippen LogP) is 0.175. The van der Waals surface area contributed by atoms with E-state index in [0.717, 1.165) is 0 Å². The van der Waals surface area contributed by atoms with Gasteiger partial charge in [0, 0.05) is 12.5 Å². The fourth-order valence-electron chi connectivity index (χ4n) is 0.679. The number of hydrogen-bond donors (Lipinski definition) is 1. The van der Waals surface area contributed by atoms with Gasteiger partial charge in [0.1, 0.15) is 11.2 Å². The minimum atomic E-state index is -0.700. The lowest BCUT2D eigenvalue weighted by atomic mass is 10.3. The first-order valence-electron chi connectivity index (χ1n) is 2.49. The number of aldehydes is 1. The topological polar surface area (TPSA) is 37.3 Å². The Kier molecular flexibility index (Phi) is 1.29. The van der Waals surface area contributed by atoms with Crippen molar-refractivity contribution in [3.8, 4) is 0 Å². The van der Waals surface area contributed by atoms with Crippen LogP contribution >= 0.6 is 11.6 Å². The van der Waals surface area contributed by atoms with Crippen molar-refractivity contribution < 1.29 is 9.90 Å². The Hall–Kier alpha value is -0.0800. The highest BCUT2D eigenvalue weighted by Gasteiger charge is 2.52. The maximum atomic E-state index is 10.0. The van der Waals surface area contributed by atoms with E-state index in [2.05, 4.69) is 0 Å². The SMILES string of the molecule is O=C[C@]1(Cl)C[C@H]1CO. The van der Waals surface area contributed by atoms with Gasteiger partial charge in [-0.2, -0.15) is 0 Å². The Morgan fingerprint density at radius 2 is 2.62 bits per heavy atom. The zero-order valence-electron chi connectivity index (χ0n) is 4.30. The van der Waals surface area contributed by atoms with Crippen molar-refractivity contribution in [2.24, 2.45) is 5.92 Å². The first kappa shape index (κ1) is 6.05. The van der Waals surface area contributed by atoms with Crippen LogP contribution in [0.3, 0.4) is 0 Å². The van der Waals surface area contributed by atoms with E-state index in [1.165, 1.54) is 0 Å². The van der Waals surface area contributed by atoms with Crippen molar-refractivity contribution in [2.75, 3.05) is 6.61 Å². The normalized spacial score (nSPS) is 44.0. The van der Waals surface area contributed by atoms with Gasteiger partial charge in [0.2, 0.25) is 0 Å². The van der Waals surface area contributed by atoms with Crippen LogP contribution in [0, 0.1) is 5.92 Å². The molecule has 1 fully saturated rings. The molecule has 0 aromatic carbocycles. The highest BCUT2D eigenvalue weighted by molar-refractivity contribution is 6.34. The quantitative estimate of drug-likeness (QED) is 0.432. The summed E-state index contributed by atoms with van der Waals surface area (Å²) >= 11 is 5.57. The Bertz CT molecular complexity index is 115. The summed E-state index contributed by atoms with van der Waals surface area (Å²) in [6.45, 7) is 0.0300. The van der Waals surface area contributed by atoms with Gasteiger partial charge >= 0.3 is 0 Å². The van der Waals surface area contributed by atoms with Crippen LogP contribution < -0.4 is 0 Å². The van der Waals surface area contributed by atoms with Crippen molar-refractivity contribution in [3.05, 3.63) is 0 Å². The second kappa shape index (κ2) is 1.71. The molecule has 0 heterocycles. The number of rotatable bonds is 2. The van der Waals surface area contributed by atoms with E-state index in [0.29, 0.717) is 12.7 Å². The van der Waals surface area contributed by atoms with Crippen LogP contribution in [0.1, 0.15) is 6.42 Å². The average molecular weight is 135 g/mol. The third kappa shape index (κ3) is 0.740. The van der Waals surface area contributed by atoms with Gasteiger partial charge in [0.05, 0.1) is 0 Å². The number of alkyl halides is 1. The van der Waals surface area contributed by atoms with Crippen LogP contribution in [-0.4, -0.2) is 22.9 Å². The minimum Gasteiger partial charge on any atom is -0.396 e. The molecule has 0 saturated heterocycles. The van der Waals surface area contributed by atoms with E-state index in [4.69, 9.17) is 16.7 Å². The Balaban J connectivity index is 2.42. The van der Waals surface area contributed by atoms with Gasteiger partial charge in [0.25, 0.3) is 0 Å². The molecule has 0 bridgehead atoms. The summed E-state index contributed by atoms with van der Waals surface area (Å²) in [5.74, 6) is 0.0154. The van der Waals surface area contributed by atoms with Crippen LogP contribution in [0.25, 0.3) is 0 Å². The monoisotopic (exact) mass is 134 g/mol. The number of aliphatic hydroxyl groups is 1. The number of aliphatic hydroxyl groups excluding tert-OH is 1. The van der Waals surface area contributed by atoms with Crippen molar-refractivity contribution in [1.29, 1.82) is 0 Å². The van der Waals surface area contributed by atoms with Gasteiger partial charge in [-0.25, -0.2) is 0 Å². The molecular weight excluding hydrogens is 128 g/mol. The molecule has 0 spiro atoms. The first-order valence-corrected chi connectivity index (χ1v) is 2.87. The summed E-state index contributed by atoms with van der Waals surface area (Å²) in [6.07, 6.45) is 1.34. The third-order valence-corrected chi connectivity index (χ3v) is 2.05. The van der Waals surface area contributed by atoms with E-state index >= 15 is 0 Å². The molecule has 0 unspecified atom stereocenters. The fraction of sp³-hybridized carbons (Fsp3) is 0.800. The molecule has 1 aliphatic rings. The molecule has 1 aliphatic carbocycles. The summed E-state index contributed by atoms with van der Waals surface area (Å²) in [5, 5.41) is 8.43. The molecule has 1 saturated carbocycles. The maximum absolute atomic E-state index is 10.0. The van der Waals surface area contributed by atoms with Crippen LogP contribution in [-0.2, 0) is 4.79 Å². The number of halogens is 1. The highest BCUT2D eigenvalue weighted by atomic mass is 35.5. The summed E-state index contributed by atoms with van der Waals surface area (Å²) in [5.41, 5.74) is 0. The molecule has 0 aromatic rings.